The number of aliphatic carboxylic acids is 1. The monoisotopic (exact) mass is 393 g/mol. The Kier molecular flexibility index (Phi) is 4.71. The lowest BCUT2D eigenvalue weighted by molar-refractivity contribution is -0.135. The second-order valence-corrected chi connectivity index (χ2v) is 6.62. The zero-order valence-corrected chi connectivity index (χ0v) is 15.7. The Labute approximate surface area is 165 Å². The zero-order valence-electron chi connectivity index (χ0n) is 15.0. The Morgan fingerprint density at radius 2 is 1.89 bits per heavy atom. The molecular formula is C21H16ClN3O3. The van der Waals surface area contributed by atoms with Crippen LogP contribution in [-0.4, -0.2) is 25.8 Å². The highest BCUT2D eigenvalue weighted by molar-refractivity contribution is 6.31. The fraction of sp³-hybridized carbons (Fsp3) is 0.0952. The third kappa shape index (κ3) is 3.42. The molecule has 0 spiro atoms. The molecule has 0 atom stereocenters. The second-order valence-electron chi connectivity index (χ2n) is 6.26. The number of rotatable bonds is 5. The molecule has 0 aliphatic heterocycles. The molecule has 0 saturated heterocycles. The summed E-state index contributed by atoms with van der Waals surface area (Å²) in [4.78, 5) is 15.8. The molecule has 0 fully saturated rings. The van der Waals surface area contributed by atoms with Crippen LogP contribution in [0.25, 0.3) is 28.4 Å². The number of hydrogen-bond donors (Lipinski definition) is 1. The van der Waals surface area contributed by atoms with Crippen molar-refractivity contribution in [3.8, 4) is 5.69 Å². The fourth-order valence-corrected chi connectivity index (χ4v) is 3.28. The predicted octanol–water partition coefficient (Wildman–Crippen LogP) is 4.99. The van der Waals surface area contributed by atoms with E-state index in [0.29, 0.717) is 33.1 Å². The highest BCUT2D eigenvalue weighted by atomic mass is 35.5. The average Bonchev–Trinajstić information content (AvgIpc) is 3.24. The quantitative estimate of drug-likeness (QED) is 0.516. The lowest BCUT2D eigenvalue weighted by atomic mass is 10.1. The fourth-order valence-electron chi connectivity index (χ4n) is 2.95. The number of carboxylic acid groups (broad SMARTS) is 1. The molecule has 0 aliphatic rings. The van der Waals surface area contributed by atoms with E-state index in [2.05, 4.69) is 10.1 Å². The number of hydrogen-bond acceptors (Lipinski definition) is 4. The van der Waals surface area contributed by atoms with Gasteiger partial charge in [-0.3, -0.25) is 4.79 Å². The molecule has 0 saturated carbocycles. The summed E-state index contributed by atoms with van der Waals surface area (Å²) in [6.45, 7) is 1.82. The van der Waals surface area contributed by atoms with E-state index in [9.17, 15) is 9.90 Å². The lowest BCUT2D eigenvalue weighted by Gasteiger charge is -2.03. The number of halogens is 1. The standard InChI is InChI=1S/C21H16ClN3O3/c1-13-16(20(22)25(24-13)15-7-3-2-4-8-15)11-14(12-19(26)27)21-23-17-9-5-6-10-18(17)28-21/h2-11H,12H2,1H3,(H,26,27)/b14-11-. The highest BCUT2D eigenvalue weighted by Gasteiger charge is 2.18. The molecular weight excluding hydrogens is 378 g/mol. The normalized spacial score (nSPS) is 11.9. The number of benzene rings is 2. The minimum absolute atomic E-state index is 0.251. The summed E-state index contributed by atoms with van der Waals surface area (Å²) in [6, 6.07) is 16.8. The van der Waals surface area contributed by atoms with E-state index < -0.39 is 5.97 Å². The van der Waals surface area contributed by atoms with Gasteiger partial charge in [0.1, 0.15) is 10.7 Å². The number of oxazole rings is 1. The van der Waals surface area contributed by atoms with E-state index in [1.807, 2.05) is 55.5 Å². The van der Waals surface area contributed by atoms with E-state index in [1.54, 1.807) is 16.8 Å². The maximum atomic E-state index is 11.4. The summed E-state index contributed by atoms with van der Waals surface area (Å²) in [5, 5.41) is 14.2. The van der Waals surface area contributed by atoms with Gasteiger partial charge < -0.3 is 9.52 Å². The van der Waals surface area contributed by atoms with Crippen LogP contribution in [0.1, 0.15) is 23.6 Å². The molecule has 2 aromatic carbocycles. The van der Waals surface area contributed by atoms with E-state index in [1.165, 1.54) is 0 Å². The Morgan fingerprint density at radius 3 is 2.61 bits per heavy atom. The van der Waals surface area contributed by atoms with Crippen LogP contribution < -0.4 is 0 Å². The van der Waals surface area contributed by atoms with Crippen molar-refractivity contribution >= 4 is 40.3 Å². The molecule has 140 valence electrons. The van der Waals surface area contributed by atoms with Crippen LogP contribution in [0, 0.1) is 6.92 Å². The van der Waals surface area contributed by atoms with Gasteiger partial charge >= 0.3 is 5.97 Å². The maximum Gasteiger partial charge on any atom is 0.308 e. The van der Waals surface area contributed by atoms with Gasteiger partial charge in [-0.1, -0.05) is 41.9 Å². The first-order valence-electron chi connectivity index (χ1n) is 8.62. The van der Waals surface area contributed by atoms with Gasteiger partial charge in [-0.15, -0.1) is 0 Å². The van der Waals surface area contributed by atoms with Crippen molar-refractivity contribution in [3.63, 3.8) is 0 Å². The van der Waals surface area contributed by atoms with Crippen LogP contribution in [0.5, 0.6) is 0 Å². The van der Waals surface area contributed by atoms with Crippen LogP contribution in [0.3, 0.4) is 0 Å². The molecule has 7 heteroatoms. The summed E-state index contributed by atoms with van der Waals surface area (Å²) in [5.41, 5.74) is 3.79. The molecule has 0 aliphatic carbocycles. The van der Waals surface area contributed by atoms with Gasteiger partial charge in [-0.25, -0.2) is 9.67 Å². The SMILES string of the molecule is Cc1nn(-c2ccccc2)c(Cl)c1/C=C(/CC(=O)O)c1nc2ccccc2o1. The molecule has 0 unspecified atom stereocenters. The van der Waals surface area contributed by atoms with Gasteiger partial charge in [-0.05, 0) is 37.3 Å². The second kappa shape index (κ2) is 7.32. The first-order chi connectivity index (χ1) is 13.5. The van der Waals surface area contributed by atoms with Crippen LogP contribution in [0.2, 0.25) is 5.15 Å². The maximum absolute atomic E-state index is 11.4. The van der Waals surface area contributed by atoms with Gasteiger partial charge in [0, 0.05) is 11.1 Å². The van der Waals surface area contributed by atoms with Crippen LogP contribution in [0.4, 0.5) is 0 Å². The number of aryl methyl sites for hydroxylation is 1. The number of carboxylic acids is 1. The summed E-state index contributed by atoms with van der Waals surface area (Å²) >= 11 is 6.57. The van der Waals surface area contributed by atoms with Crippen molar-refractivity contribution in [2.24, 2.45) is 0 Å². The number of nitrogens with zero attached hydrogens (tertiary/aromatic N) is 3. The Hall–Kier alpha value is -3.38. The van der Waals surface area contributed by atoms with E-state index in [-0.39, 0.29) is 12.3 Å². The molecule has 0 amide bonds. The lowest BCUT2D eigenvalue weighted by Crippen LogP contribution is -1.98. The van der Waals surface area contributed by atoms with E-state index in [0.717, 1.165) is 5.69 Å². The van der Waals surface area contributed by atoms with Gasteiger partial charge in [0.2, 0.25) is 5.89 Å². The zero-order chi connectivity index (χ0) is 19.7. The summed E-state index contributed by atoms with van der Waals surface area (Å²) < 4.78 is 7.38. The van der Waals surface area contributed by atoms with Crippen LogP contribution >= 0.6 is 11.6 Å². The summed E-state index contributed by atoms with van der Waals surface area (Å²) in [5.74, 6) is -0.732. The Bertz CT molecular complexity index is 1160. The predicted molar refractivity (Wildman–Crippen MR) is 107 cm³/mol. The first kappa shape index (κ1) is 18.0. The average molecular weight is 394 g/mol. The minimum Gasteiger partial charge on any atom is -0.481 e. The Morgan fingerprint density at radius 1 is 1.18 bits per heavy atom. The molecule has 28 heavy (non-hydrogen) atoms. The molecule has 4 aromatic rings. The minimum atomic E-state index is -0.988. The van der Waals surface area contributed by atoms with Crippen molar-refractivity contribution in [2.75, 3.05) is 0 Å². The molecule has 0 radical (unpaired) electrons. The number of aromatic nitrogens is 3. The molecule has 0 bridgehead atoms. The summed E-state index contributed by atoms with van der Waals surface area (Å²) in [6.07, 6.45) is 1.43. The van der Waals surface area contributed by atoms with Crippen molar-refractivity contribution in [3.05, 3.63) is 76.9 Å². The van der Waals surface area contributed by atoms with Crippen LogP contribution in [0.15, 0.2) is 59.0 Å². The van der Waals surface area contributed by atoms with Crippen molar-refractivity contribution in [1.29, 1.82) is 0 Å². The number of para-hydroxylation sites is 3. The van der Waals surface area contributed by atoms with Crippen molar-refractivity contribution in [2.45, 2.75) is 13.3 Å². The number of fused-ring (bicyclic) bond motifs is 1. The topological polar surface area (TPSA) is 81.2 Å². The van der Waals surface area contributed by atoms with Crippen molar-refractivity contribution < 1.29 is 14.3 Å². The van der Waals surface area contributed by atoms with Gasteiger partial charge in [-0.2, -0.15) is 5.10 Å². The van der Waals surface area contributed by atoms with Gasteiger partial charge in [0.15, 0.2) is 5.58 Å². The molecule has 2 heterocycles. The third-order valence-corrected chi connectivity index (χ3v) is 4.64. The molecule has 4 rings (SSSR count). The molecule has 6 nitrogen and oxygen atoms in total. The van der Waals surface area contributed by atoms with E-state index in [4.69, 9.17) is 16.0 Å². The summed E-state index contributed by atoms with van der Waals surface area (Å²) in [7, 11) is 0. The van der Waals surface area contributed by atoms with Gasteiger partial charge in [0.05, 0.1) is 17.8 Å². The van der Waals surface area contributed by atoms with Crippen LogP contribution in [-0.2, 0) is 4.79 Å². The third-order valence-electron chi connectivity index (χ3n) is 4.28. The number of carbonyl (C=O) groups is 1. The first-order valence-corrected chi connectivity index (χ1v) is 8.99. The highest BCUT2D eigenvalue weighted by Crippen LogP contribution is 2.30. The largest absolute Gasteiger partial charge is 0.481 e. The van der Waals surface area contributed by atoms with Gasteiger partial charge in [0.25, 0.3) is 0 Å². The Balaban J connectivity index is 1.83. The molecule has 2 aromatic heterocycles. The van der Waals surface area contributed by atoms with Crippen molar-refractivity contribution in [1.82, 2.24) is 14.8 Å². The smallest absolute Gasteiger partial charge is 0.308 e. The van der Waals surface area contributed by atoms with E-state index >= 15 is 0 Å². The molecule has 1 N–H and O–H groups in total.